The Labute approximate surface area is 138 Å². The van der Waals surface area contributed by atoms with E-state index in [1.807, 2.05) is 31.2 Å². The number of nitrogens with one attached hydrogen (secondary N) is 1. The number of nitro groups is 1. The van der Waals surface area contributed by atoms with E-state index in [1.165, 1.54) is 12.1 Å². The summed E-state index contributed by atoms with van der Waals surface area (Å²) in [6.07, 6.45) is -0.640. The molecule has 1 unspecified atom stereocenters. The Hall–Kier alpha value is -2.99. The maximum absolute atomic E-state index is 10.8. The number of nitrogens with zero attached hydrogens (tertiary/aromatic N) is 2. The molecule has 0 saturated carbocycles. The molecule has 122 valence electrons. The third kappa shape index (κ3) is 3.49. The smallest absolute Gasteiger partial charge is 0.270 e. The molecule has 2 N–H and O–H groups in total. The predicted molar refractivity (Wildman–Crippen MR) is 93.0 cm³/mol. The molecule has 0 amide bonds. The summed E-state index contributed by atoms with van der Waals surface area (Å²) in [5, 5.41) is 24.8. The van der Waals surface area contributed by atoms with Crippen LogP contribution >= 0.6 is 0 Å². The van der Waals surface area contributed by atoms with E-state index in [2.05, 4.69) is 10.3 Å². The maximum Gasteiger partial charge on any atom is 0.270 e. The molecule has 3 rings (SSSR count). The average molecular weight is 323 g/mol. The van der Waals surface area contributed by atoms with Crippen molar-refractivity contribution in [1.29, 1.82) is 0 Å². The van der Waals surface area contributed by atoms with Crippen molar-refractivity contribution < 1.29 is 10.0 Å². The van der Waals surface area contributed by atoms with Crippen LogP contribution in [-0.2, 0) is 0 Å². The van der Waals surface area contributed by atoms with Gasteiger partial charge >= 0.3 is 0 Å². The third-order valence-corrected chi connectivity index (χ3v) is 3.79. The number of nitro benzene ring substituents is 1. The van der Waals surface area contributed by atoms with Gasteiger partial charge in [0.2, 0.25) is 0 Å². The summed E-state index contributed by atoms with van der Waals surface area (Å²) in [6, 6.07) is 15.8. The Morgan fingerprint density at radius 2 is 2.04 bits per heavy atom. The van der Waals surface area contributed by atoms with Crippen molar-refractivity contribution in [2.75, 3.05) is 11.9 Å². The van der Waals surface area contributed by atoms with E-state index in [0.29, 0.717) is 23.3 Å². The van der Waals surface area contributed by atoms with Crippen molar-refractivity contribution >= 4 is 22.4 Å². The number of pyridine rings is 1. The normalized spacial score (nSPS) is 12.1. The van der Waals surface area contributed by atoms with E-state index >= 15 is 0 Å². The lowest BCUT2D eigenvalue weighted by molar-refractivity contribution is -0.384. The number of aryl methyl sites for hydroxylation is 1. The van der Waals surface area contributed by atoms with Crippen molar-refractivity contribution in [3.8, 4) is 0 Å². The molecular formula is C18H17N3O3. The van der Waals surface area contributed by atoms with Gasteiger partial charge in [-0.25, -0.2) is 4.98 Å². The molecule has 0 aliphatic heterocycles. The molecule has 0 bridgehead atoms. The van der Waals surface area contributed by atoms with Crippen LogP contribution < -0.4 is 5.32 Å². The van der Waals surface area contributed by atoms with Crippen LogP contribution in [-0.4, -0.2) is 21.6 Å². The van der Waals surface area contributed by atoms with Crippen LogP contribution in [0.25, 0.3) is 10.9 Å². The minimum absolute atomic E-state index is 0.0416. The fourth-order valence-corrected chi connectivity index (χ4v) is 2.52. The van der Waals surface area contributed by atoms with Gasteiger partial charge in [-0.1, -0.05) is 29.8 Å². The molecule has 6 heteroatoms. The summed E-state index contributed by atoms with van der Waals surface area (Å²) in [7, 11) is 0. The highest BCUT2D eigenvalue weighted by Gasteiger charge is 2.09. The van der Waals surface area contributed by atoms with Gasteiger partial charge in [0.25, 0.3) is 5.69 Å². The number of fused-ring (bicyclic) bond motifs is 1. The first-order chi connectivity index (χ1) is 11.5. The SMILES string of the molecule is Cc1cccc(C(O)CNc2ccc3cc([N+](=O)[O-])ccc3n2)c1. The topological polar surface area (TPSA) is 88.3 Å². The van der Waals surface area contributed by atoms with Crippen LogP contribution in [0.5, 0.6) is 0 Å². The van der Waals surface area contributed by atoms with E-state index in [1.54, 1.807) is 18.2 Å². The van der Waals surface area contributed by atoms with Gasteiger partial charge in [0, 0.05) is 24.1 Å². The Morgan fingerprint density at radius 1 is 1.21 bits per heavy atom. The molecule has 1 aromatic heterocycles. The fraction of sp³-hybridized carbons (Fsp3) is 0.167. The lowest BCUT2D eigenvalue weighted by Crippen LogP contribution is -2.13. The number of non-ortho nitro benzene ring substituents is 1. The summed E-state index contributed by atoms with van der Waals surface area (Å²) in [5.41, 5.74) is 2.64. The van der Waals surface area contributed by atoms with E-state index in [0.717, 1.165) is 11.1 Å². The minimum atomic E-state index is -0.640. The second-order valence-corrected chi connectivity index (χ2v) is 5.64. The molecule has 6 nitrogen and oxygen atoms in total. The molecule has 0 aliphatic rings. The van der Waals surface area contributed by atoms with Crippen molar-refractivity contribution in [3.05, 3.63) is 75.8 Å². The number of rotatable bonds is 5. The quantitative estimate of drug-likeness (QED) is 0.553. The van der Waals surface area contributed by atoms with Crippen molar-refractivity contribution in [2.45, 2.75) is 13.0 Å². The lowest BCUT2D eigenvalue weighted by Gasteiger charge is -2.13. The van der Waals surface area contributed by atoms with Gasteiger partial charge in [-0.15, -0.1) is 0 Å². The van der Waals surface area contributed by atoms with Gasteiger partial charge in [-0.2, -0.15) is 0 Å². The van der Waals surface area contributed by atoms with E-state index in [4.69, 9.17) is 0 Å². The lowest BCUT2D eigenvalue weighted by atomic mass is 10.1. The first-order valence-corrected chi connectivity index (χ1v) is 7.56. The van der Waals surface area contributed by atoms with Crippen LogP contribution in [0.4, 0.5) is 11.5 Å². The predicted octanol–water partition coefficient (Wildman–Crippen LogP) is 3.60. The van der Waals surface area contributed by atoms with Gasteiger partial charge in [-0.3, -0.25) is 10.1 Å². The Balaban J connectivity index is 1.73. The van der Waals surface area contributed by atoms with Crippen LogP contribution in [0.3, 0.4) is 0 Å². The summed E-state index contributed by atoms with van der Waals surface area (Å²) >= 11 is 0. The monoisotopic (exact) mass is 323 g/mol. The van der Waals surface area contributed by atoms with Crippen LogP contribution in [0, 0.1) is 17.0 Å². The highest BCUT2D eigenvalue weighted by atomic mass is 16.6. The number of hydrogen-bond acceptors (Lipinski definition) is 5. The van der Waals surface area contributed by atoms with E-state index < -0.39 is 11.0 Å². The third-order valence-electron chi connectivity index (χ3n) is 3.79. The molecule has 0 spiro atoms. The van der Waals surface area contributed by atoms with Gasteiger partial charge in [-0.05, 0) is 30.7 Å². The summed E-state index contributed by atoms with van der Waals surface area (Å²) < 4.78 is 0. The van der Waals surface area contributed by atoms with Gasteiger partial charge in [0.05, 0.1) is 16.5 Å². The molecule has 3 aromatic rings. The Bertz CT molecular complexity index is 896. The first-order valence-electron chi connectivity index (χ1n) is 7.56. The highest BCUT2D eigenvalue weighted by Crippen LogP contribution is 2.21. The van der Waals surface area contributed by atoms with Crippen LogP contribution in [0.2, 0.25) is 0 Å². The molecular weight excluding hydrogens is 306 g/mol. The summed E-state index contributed by atoms with van der Waals surface area (Å²) in [5.74, 6) is 0.614. The van der Waals surface area contributed by atoms with E-state index in [-0.39, 0.29) is 5.69 Å². The fourth-order valence-electron chi connectivity index (χ4n) is 2.52. The molecule has 1 atom stereocenters. The highest BCUT2D eigenvalue weighted by molar-refractivity contribution is 5.82. The van der Waals surface area contributed by atoms with Crippen LogP contribution in [0.1, 0.15) is 17.2 Å². The van der Waals surface area contributed by atoms with E-state index in [9.17, 15) is 15.2 Å². The number of anilines is 1. The van der Waals surface area contributed by atoms with Crippen molar-refractivity contribution in [3.63, 3.8) is 0 Å². The second-order valence-electron chi connectivity index (χ2n) is 5.64. The number of aliphatic hydroxyl groups excluding tert-OH is 1. The second kappa shape index (κ2) is 6.64. The first kappa shape index (κ1) is 15.9. The maximum atomic E-state index is 10.8. The minimum Gasteiger partial charge on any atom is -0.387 e. The zero-order valence-corrected chi connectivity index (χ0v) is 13.1. The number of benzene rings is 2. The molecule has 0 aliphatic carbocycles. The zero-order valence-electron chi connectivity index (χ0n) is 13.1. The number of aliphatic hydroxyl groups is 1. The standard InChI is InChI=1S/C18H17N3O3/c1-12-3-2-4-14(9-12)17(22)11-19-18-8-5-13-10-15(21(23)24)6-7-16(13)20-18/h2-10,17,22H,11H2,1H3,(H,19,20). The Morgan fingerprint density at radius 3 is 2.79 bits per heavy atom. The molecule has 24 heavy (non-hydrogen) atoms. The summed E-state index contributed by atoms with van der Waals surface area (Å²) in [6.45, 7) is 2.31. The van der Waals surface area contributed by atoms with Crippen molar-refractivity contribution in [1.82, 2.24) is 4.98 Å². The Kier molecular flexibility index (Phi) is 4.39. The van der Waals surface area contributed by atoms with Crippen molar-refractivity contribution in [2.24, 2.45) is 0 Å². The number of hydrogen-bond donors (Lipinski definition) is 2. The van der Waals surface area contributed by atoms with Crippen LogP contribution in [0.15, 0.2) is 54.6 Å². The van der Waals surface area contributed by atoms with Gasteiger partial charge in [0.1, 0.15) is 5.82 Å². The molecule has 2 aromatic carbocycles. The average Bonchev–Trinajstić information content (AvgIpc) is 2.59. The molecule has 1 heterocycles. The zero-order chi connectivity index (χ0) is 17.1. The van der Waals surface area contributed by atoms with Gasteiger partial charge < -0.3 is 10.4 Å². The van der Waals surface area contributed by atoms with Gasteiger partial charge in [0.15, 0.2) is 0 Å². The summed E-state index contributed by atoms with van der Waals surface area (Å²) in [4.78, 5) is 14.8. The largest absolute Gasteiger partial charge is 0.387 e. The molecule has 0 saturated heterocycles. The number of aromatic nitrogens is 1. The molecule has 0 fully saturated rings. The molecule has 0 radical (unpaired) electrons.